The second-order valence-electron chi connectivity index (χ2n) is 6.57. The van der Waals surface area contributed by atoms with Gasteiger partial charge in [0.1, 0.15) is 0 Å². The van der Waals surface area contributed by atoms with E-state index in [9.17, 15) is 4.79 Å². The Bertz CT molecular complexity index is 213. The van der Waals surface area contributed by atoms with E-state index in [2.05, 4.69) is 26.5 Å². The van der Waals surface area contributed by atoms with Crippen LogP contribution >= 0.6 is 12.6 Å². The predicted molar refractivity (Wildman–Crippen MR) is 93.5 cm³/mol. The molecule has 120 valence electrons. The Hall–Kier alpha value is 0.0200. The molecule has 0 bridgehead atoms. The topological polar surface area (TPSA) is 17.1 Å². The van der Waals surface area contributed by atoms with E-state index in [-0.39, 0.29) is 5.12 Å². The molecule has 0 fully saturated rings. The van der Waals surface area contributed by atoms with Gasteiger partial charge in [-0.15, -0.1) is 12.6 Å². The second-order valence-corrected chi connectivity index (χ2v) is 7.07. The van der Waals surface area contributed by atoms with Crippen LogP contribution in [0.3, 0.4) is 0 Å². The minimum atomic E-state index is 0.0402. The van der Waals surface area contributed by atoms with Crippen molar-refractivity contribution in [3.8, 4) is 0 Å². The highest BCUT2D eigenvalue weighted by Crippen LogP contribution is 2.14. The highest BCUT2D eigenvalue weighted by molar-refractivity contribution is 7.96. The number of carbonyl (C=O) groups excluding carboxylic acids is 1. The van der Waals surface area contributed by atoms with Crippen molar-refractivity contribution in [2.24, 2.45) is 5.92 Å². The van der Waals surface area contributed by atoms with Crippen molar-refractivity contribution in [2.45, 2.75) is 104 Å². The second kappa shape index (κ2) is 15.4. The Morgan fingerprint density at radius 3 is 1.40 bits per heavy atom. The first-order valence-electron chi connectivity index (χ1n) is 8.84. The molecule has 0 radical (unpaired) electrons. The maximum Gasteiger partial charge on any atom is 0.185 e. The molecule has 0 aromatic carbocycles. The van der Waals surface area contributed by atoms with E-state index in [4.69, 9.17) is 0 Å². The number of carbonyl (C=O) groups is 1. The molecule has 0 rings (SSSR count). The van der Waals surface area contributed by atoms with Crippen LogP contribution in [-0.2, 0) is 4.79 Å². The average Bonchev–Trinajstić information content (AvgIpc) is 2.38. The first kappa shape index (κ1) is 20.0. The van der Waals surface area contributed by atoms with Gasteiger partial charge < -0.3 is 0 Å². The highest BCUT2D eigenvalue weighted by Gasteiger charge is 1.96. The fraction of sp³-hybridized carbons (Fsp3) is 0.944. The molecule has 0 aliphatic heterocycles. The Balaban J connectivity index is 2.97. The Morgan fingerprint density at radius 2 is 1.05 bits per heavy atom. The van der Waals surface area contributed by atoms with Gasteiger partial charge in [-0.25, -0.2) is 0 Å². The molecule has 0 aromatic rings. The standard InChI is InChI=1S/C18H36OS/c1-17(2)15-13-11-9-7-5-3-4-6-8-10-12-14-16-18(19)20/h17H,3-16H2,1-2H3,(H,19,20). The van der Waals surface area contributed by atoms with Gasteiger partial charge in [-0.05, 0) is 12.3 Å². The molecule has 2 heteroatoms. The molecule has 0 aromatic heterocycles. The van der Waals surface area contributed by atoms with Gasteiger partial charge in [-0.2, -0.15) is 0 Å². The van der Waals surface area contributed by atoms with Gasteiger partial charge in [0.15, 0.2) is 5.12 Å². The quantitative estimate of drug-likeness (QED) is 0.268. The largest absolute Gasteiger partial charge is 0.288 e. The van der Waals surface area contributed by atoms with Crippen molar-refractivity contribution in [1.82, 2.24) is 0 Å². The molecule has 1 nitrogen and oxygen atoms in total. The van der Waals surface area contributed by atoms with Gasteiger partial charge in [-0.1, -0.05) is 90.9 Å². The summed E-state index contributed by atoms with van der Waals surface area (Å²) in [5.74, 6) is 0.876. The van der Waals surface area contributed by atoms with Crippen LogP contribution < -0.4 is 0 Å². The summed E-state index contributed by atoms with van der Waals surface area (Å²) < 4.78 is 0. The fourth-order valence-corrected chi connectivity index (χ4v) is 2.75. The molecule has 0 N–H and O–H groups in total. The van der Waals surface area contributed by atoms with Gasteiger partial charge in [0, 0.05) is 6.42 Å². The van der Waals surface area contributed by atoms with Gasteiger partial charge in [0.05, 0.1) is 0 Å². The summed E-state index contributed by atoms with van der Waals surface area (Å²) in [5.41, 5.74) is 0. The molecule has 0 saturated carbocycles. The van der Waals surface area contributed by atoms with Crippen molar-refractivity contribution >= 4 is 17.7 Å². The van der Waals surface area contributed by atoms with Gasteiger partial charge in [0.2, 0.25) is 0 Å². The van der Waals surface area contributed by atoms with Crippen molar-refractivity contribution in [3.63, 3.8) is 0 Å². The monoisotopic (exact) mass is 300 g/mol. The first-order valence-corrected chi connectivity index (χ1v) is 9.29. The van der Waals surface area contributed by atoms with Crippen LogP contribution in [0.15, 0.2) is 0 Å². The molecular weight excluding hydrogens is 264 g/mol. The lowest BCUT2D eigenvalue weighted by atomic mass is 10.0. The maximum absolute atomic E-state index is 10.6. The fourth-order valence-electron chi connectivity index (χ4n) is 2.60. The van der Waals surface area contributed by atoms with Crippen LogP contribution in [0.4, 0.5) is 0 Å². The van der Waals surface area contributed by atoms with Crippen molar-refractivity contribution in [1.29, 1.82) is 0 Å². The average molecular weight is 301 g/mol. The van der Waals surface area contributed by atoms with E-state index in [1.54, 1.807) is 0 Å². The third-order valence-corrected chi connectivity index (χ3v) is 4.15. The molecule has 0 heterocycles. The van der Waals surface area contributed by atoms with Crippen molar-refractivity contribution in [3.05, 3.63) is 0 Å². The summed E-state index contributed by atoms with van der Waals surface area (Å²) in [7, 11) is 0. The molecule has 0 atom stereocenters. The summed E-state index contributed by atoms with van der Waals surface area (Å²) in [5, 5.41) is 0.0402. The Morgan fingerprint density at radius 1 is 0.700 bits per heavy atom. The third kappa shape index (κ3) is 18.0. The lowest BCUT2D eigenvalue weighted by Crippen LogP contribution is -1.88. The summed E-state index contributed by atoms with van der Waals surface area (Å²) >= 11 is 3.78. The molecule has 0 amide bonds. The van der Waals surface area contributed by atoms with Crippen LogP contribution in [0.1, 0.15) is 104 Å². The zero-order chi connectivity index (χ0) is 15.1. The number of unbranched alkanes of at least 4 members (excludes halogenated alkanes) is 11. The van der Waals surface area contributed by atoms with Crippen LogP contribution in [0.25, 0.3) is 0 Å². The number of thiol groups is 1. The molecule has 0 aliphatic rings. The van der Waals surface area contributed by atoms with E-state index in [0.29, 0.717) is 6.42 Å². The molecule has 0 saturated heterocycles. The summed E-state index contributed by atoms with van der Waals surface area (Å²) in [6.07, 6.45) is 18.3. The summed E-state index contributed by atoms with van der Waals surface area (Å²) in [4.78, 5) is 10.6. The molecular formula is C18H36OS. The van der Waals surface area contributed by atoms with Crippen LogP contribution in [0.2, 0.25) is 0 Å². The van der Waals surface area contributed by atoms with Gasteiger partial charge >= 0.3 is 0 Å². The third-order valence-electron chi connectivity index (χ3n) is 3.92. The smallest absolute Gasteiger partial charge is 0.185 e. The van der Waals surface area contributed by atoms with E-state index < -0.39 is 0 Å². The van der Waals surface area contributed by atoms with E-state index in [1.807, 2.05) is 0 Å². The minimum Gasteiger partial charge on any atom is -0.288 e. The normalized spacial score (nSPS) is 11.2. The summed E-state index contributed by atoms with van der Waals surface area (Å²) in [6, 6.07) is 0. The predicted octanol–water partition coefficient (Wildman–Crippen LogP) is 6.56. The van der Waals surface area contributed by atoms with Crippen LogP contribution in [0.5, 0.6) is 0 Å². The molecule has 20 heavy (non-hydrogen) atoms. The van der Waals surface area contributed by atoms with Crippen LogP contribution in [-0.4, -0.2) is 5.12 Å². The first-order chi connectivity index (χ1) is 9.63. The van der Waals surface area contributed by atoms with E-state index in [1.165, 1.54) is 77.0 Å². The van der Waals surface area contributed by atoms with Crippen molar-refractivity contribution in [2.75, 3.05) is 0 Å². The number of hydrogen-bond donors (Lipinski definition) is 1. The van der Waals surface area contributed by atoms with Gasteiger partial charge in [0.25, 0.3) is 0 Å². The zero-order valence-electron chi connectivity index (χ0n) is 13.8. The van der Waals surface area contributed by atoms with Gasteiger partial charge in [-0.3, -0.25) is 4.79 Å². The molecule has 0 aliphatic carbocycles. The minimum absolute atomic E-state index is 0.0402. The zero-order valence-corrected chi connectivity index (χ0v) is 14.7. The maximum atomic E-state index is 10.6. The Kier molecular flexibility index (Phi) is 15.4. The van der Waals surface area contributed by atoms with E-state index in [0.717, 1.165) is 12.3 Å². The van der Waals surface area contributed by atoms with E-state index >= 15 is 0 Å². The SMILES string of the molecule is CC(C)CCCCCCCCCCCCCCC(=O)S. The number of rotatable bonds is 15. The molecule has 0 spiro atoms. The van der Waals surface area contributed by atoms with Crippen molar-refractivity contribution < 1.29 is 4.79 Å². The molecule has 0 unspecified atom stereocenters. The lowest BCUT2D eigenvalue weighted by Gasteiger charge is -2.04. The highest BCUT2D eigenvalue weighted by atomic mass is 32.1. The Labute approximate surface area is 132 Å². The lowest BCUT2D eigenvalue weighted by molar-refractivity contribution is -0.110. The number of hydrogen-bond acceptors (Lipinski definition) is 1. The summed E-state index contributed by atoms with van der Waals surface area (Å²) in [6.45, 7) is 4.63. The van der Waals surface area contributed by atoms with Crippen LogP contribution in [0, 0.1) is 5.92 Å².